The van der Waals surface area contributed by atoms with E-state index in [0.29, 0.717) is 6.04 Å². The number of carbonyl (C=O) groups is 1. The predicted molar refractivity (Wildman–Crippen MR) is 141 cm³/mol. The van der Waals surface area contributed by atoms with Gasteiger partial charge in [-0.05, 0) is 82.2 Å². The van der Waals surface area contributed by atoms with E-state index in [1.165, 1.54) is 31.5 Å². The Morgan fingerprint density at radius 1 is 1.03 bits per heavy atom. The maximum Gasteiger partial charge on any atom is 0.209 e. The fraction of sp³-hybridized carbons (Fsp3) is 0.759. The molecule has 35 heavy (non-hydrogen) atoms. The van der Waals surface area contributed by atoms with Crippen LogP contribution in [0.25, 0.3) is 0 Å². The van der Waals surface area contributed by atoms with Crippen molar-refractivity contribution in [3.05, 3.63) is 29.8 Å². The molecule has 6 nitrogen and oxygen atoms in total. The van der Waals surface area contributed by atoms with Crippen LogP contribution in [0, 0.1) is 0 Å². The number of piperidine rings is 1. The molecule has 1 aromatic carbocycles. The smallest absolute Gasteiger partial charge is 0.209 e. The lowest BCUT2D eigenvalue weighted by atomic mass is 9.73. The molecule has 0 N–H and O–H groups in total. The number of benzene rings is 1. The van der Waals surface area contributed by atoms with Crippen molar-refractivity contribution in [2.75, 3.05) is 65.6 Å². The highest BCUT2D eigenvalue weighted by Gasteiger charge is 2.37. The Kier molecular flexibility index (Phi) is 10.3. The van der Waals surface area contributed by atoms with Crippen molar-refractivity contribution in [2.45, 2.75) is 76.2 Å². The van der Waals surface area contributed by atoms with Crippen LogP contribution in [-0.2, 0) is 14.9 Å². The van der Waals surface area contributed by atoms with Crippen LogP contribution in [0.3, 0.4) is 0 Å². The lowest BCUT2D eigenvalue weighted by Crippen LogP contribution is -2.50. The molecule has 0 spiro atoms. The number of nitrogens with zero attached hydrogens (tertiary/aromatic N) is 3. The molecular weight excluding hydrogens is 438 g/mol. The van der Waals surface area contributed by atoms with Gasteiger partial charge < -0.3 is 24.2 Å². The Morgan fingerprint density at radius 2 is 1.74 bits per heavy atom. The van der Waals surface area contributed by atoms with Gasteiger partial charge in [-0.15, -0.1) is 0 Å². The van der Waals surface area contributed by atoms with Crippen molar-refractivity contribution in [3.8, 4) is 5.75 Å². The third kappa shape index (κ3) is 7.43. The molecule has 0 bridgehead atoms. The highest BCUT2D eigenvalue weighted by atomic mass is 16.5. The molecule has 0 saturated carbocycles. The molecule has 0 atom stereocenters. The summed E-state index contributed by atoms with van der Waals surface area (Å²) in [5, 5.41) is 0. The third-order valence-corrected chi connectivity index (χ3v) is 8.46. The number of ether oxygens (including phenoxy) is 2. The van der Waals surface area contributed by atoms with E-state index in [1.807, 2.05) is 0 Å². The van der Waals surface area contributed by atoms with Crippen LogP contribution in [-0.4, -0.2) is 92.8 Å². The SMILES string of the molecule is CCCCN(C=O)C1CCN(CC2(c3ccc(OCCCN4CCCC4)cc3)CCOCC2)CC1. The Bertz CT molecular complexity index is 736. The zero-order valence-corrected chi connectivity index (χ0v) is 22.0. The molecular formula is C29H47N3O3. The van der Waals surface area contributed by atoms with Crippen LogP contribution >= 0.6 is 0 Å². The van der Waals surface area contributed by atoms with Gasteiger partial charge in [0.05, 0.1) is 6.61 Å². The molecule has 3 aliphatic heterocycles. The van der Waals surface area contributed by atoms with Crippen LogP contribution in [0.5, 0.6) is 5.75 Å². The number of hydrogen-bond acceptors (Lipinski definition) is 5. The average Bonchev–Trinajstić information content (AvgIpc) is 3.42. The summed E-state index contributed by atoms with van der Waals surface area (Å²) in [7, 11) is 0. The minimum absolute atomic E-state index is 0.145. The number of hydrogen-bond donors (Lipinski definition) is 0. The van der Waals surface area contributed by atoms with Gasteiger partial charge in [-0.1, -0.05) is 25.5 Å². The second-order valence-corrected chi connectivity index (χ2v) is 10.9. The van der Waals surface area contributed by atoms with Crippen LogP contribution in [0.15, 0.2) is 24.3 Å². The standard InChI is InChI=1S/C29H47N3O3/c1-2-3-18-32(25-33)27-11-19-31(20-12-27)24-29(13-22-34-23-14-29)26-7-9-28(10-8-26)35-21-6-17-30-15-4-5-16-30/h7-10,25,27H,2-6,11-24H2,1H3. The number of likely N-dealkylation sites (tertiary alicyclic amines) is 2. The number of rotatable bonds is 13. The molecule has 0 radical (unpaired) electrons. The number of unbranched alkanes of at least 4 members (excludes halogenated alkanes) is 1. The van der Waals surface area contributed by atoms with Crippen molar-refractivity contribution in [2.24, 2.45) is 0 Å². The fourth-order valence-corrected chi connectivity index (χ4v) is 6.19. The van der Waals surface area contributed by atoms with Crippen molar-refractivity contribution in [3.63, 3.8) is 0 Å². The van der Waals surface area contributed by atoms with Gasteiger partial charge in [0.1, 0.15) is 5.75 Å². The molecule has 196 valence electrons. The van der Waals surface area contributed by atoms with Crippen molar-refractivity contribution < 1.29 is 14.3 Å². The summed E-state index contributed by atoms with van der Waals surface area (Å²) in [6.45, 7) is 12.4. The van der Waals surface area contributed by atoms with Gasteiger partial charge in [-0.3, -0.25) is 4.79 Å². The van der Waals surface area contributed by atoms with Gasteiger partial charge in [0.25, 0.3) is 0 Å². The first-order valence-corrected chi connectivity index (χ1v) is 14.2. The monoisotopic (exact) mass is 485 g/mol. The van der Waals surface area contributed by atoms with Crippen LogP contribution in [0.2, 0.25) is 0 Å². The van der Waals surface area contributed by atoms with Crippen LogP contribution in [0.4, 0.5) is 0 Å². The molecule has 0 aromatic heterocycles. The second-order valence-electron chi connectivity index (χ2n) is 10.9. The van der Waals surface area contributed by atoms with E-state index in [1.54, 1.807) is 0 Å². The van der Waals surface area contributed by atoms with E-state index in [0.717, 1.165) is 110 Å². The van der Waals surface area contributed by atoms with E-state index in [9.17, 15) is 4.79 Å². The summed E-state index contributed by atoms with van der Waals surface area (Å²) in [6.07, 6.45) is 11.4. The van der Waals surface area contributed by atoms with Crippen LogP contribution < -0.4 is 4.74 Å². The number of carbonyl (C=O) groups excluding carboxylic acids is 1. The summed E-state index contributed by atoms with van der Waals surface area (Å²) < 4.78 is 11.8. The molecule has 3 saturated heterocycles. The molecule has 1 aromatic rings. The fourth-order valence-electron chi connectivity index (χ4n) is 6.19. The highest BCUT2D eigenvalue weighted by molar-refractivity contribution is 5.47. The zero-order chi connectivity index (χ0) is 24.3. The summed E-state index contributed by atoms with van der Waals surface area (Å²) >= 11 is 0. The Morgan fingerprint density at radius 3 is 2.40 bits per heavy atom. The first kappa shape index (κ1) is 26.4. The van der Waals surface area contributed by atoms with Gasteiger partial charge in [-0.25, -0.2) is 0 Å². The molecule has 3 aliphatic rings. The van der Waals surface area contributed by atoms with Crippen molar-refractivity contribution in [1.29, 1.82) is 0 Å². The first-order chi connectivity index (χ1) is 17.2. The summed E-state index contributed by atoms with van der Waals surface area (Å²) in [5.41, 5.74) is 1.57. The Hall–Kier alpha value is -1.63. The van der Waals surface area contributed by atoms with E-state index in [-0.39, 0.29) is 5.41 Å². The molecule has 0 aliphatic carbocycles. The largest absolute Gasteiger partial charge is 0.494 e. The van der Waals surface area contributed by atoms with E-state index < -0.39 is 0 Å². The molecule has 6 heteroatoms. The molecule has 3 fully saturated rings. The third-order valence-electron chi connectivity index (χ3n) is 8.46. The van der Waals surface area contributed by atoms with Gasteiger partial charge in [-0.2, -0.15) is 0 Å². The predicted octanol–water partition coefficient (Wildman–Crippen LogP) is 4.32. The highest BCUT2D eigenvalue weighted by Crippen LogP contribution is 2.37. The second kappa shape index (κ2) is 13.6. The molecule has 4 rings (SSSR count). The minimum atomic E-state index is 0.145. The van der Waals surface area contributed by atoms with Gasteiger partial charge >= 0.3 is 0 Å². The summed E-state index contributed by atoms with van der Waals surface area (Å²) in [5.74, 6) is 0.985. The van der Waals surface area contributed by atoms with Gasteiger partial charge in [0, 0.05) is 57.4 Å². The maximum absolute atomic E-state index is 11.6. The quantitative estimate of drug-likeness (QED) is 0.308. The summed E-state index contributed by atoms with van der Waals surface area (Å²) in [4.78, 5) is 18.8. The topological polar surface area (TPSA) is 45.2 Å². The molecule has 3 heterocycles. The first-order valence-electron chi connectivity index (χ1n) is 14.2. The Labute approximate surface area is 212 Å². The molecule has 0 unspecified atom stereocenters. The van der Waals surface area contributed by atoms with Crippen molar-refractivity contribution >= 4 is 6.41 Å². The zero-order valence-electron chi connectivity index (χ0n) is 22.0. The van der Waals surface area contributed by atoms with Gasteiger partial charge in [0.15, 0.2) is 0 Å². The van der Waals surface area contributed by atoms with E-state index >= 15 is 0 Å². The minimum Gasteiger partial charge on any atom is -0.494 e. The Balaban J connectivity index is 1.29. The normalized spacial score (nSPS) is 21.7. The van der Waals surface area contributed by atoms with E-state index in [2.05, 4.69) is 45.9 Å². The summed E-state index contributed by atoms with van der Waals surface area (Å²) in [6, 6.07) is 9.34. The molecule has 1 amide bonds. The van der Waals surface area contributed by atoms with Gasteiger partial charge in [0.2, 0.25) is 6.41 Å². The maximum atomic E-state index is 11.6. The lowest BCUT2D eigenvalue weighted by Gasteiger charge is -2.44. The van der Waals surface area contributed by atoms with Crippen molar-refractivity contribution in [1.82, 2.24) is 14.7 Å². The lowest BCUT2D eigenvalue weighted by molar-refractivity contribution is -0.121. The van der Waals surface area contributed by atoms with Crippen LogP contribution in [0.1, 0.15) is 70.3 Å². The van der Waals surface area contributed by atoms with E-state index in [4.69, 9.17) is 9.47 Å². The number of amides is 1. The average molecular weight is 486 g/mol.